The van der Waals surface area contributed by atoms with E-state index in [-0.39, 0.29) is 25.4 Å². The second kappa shape index (κ2) is 17.8. The molecule has 2 fully saturated rings. The summed E-state index contributed by atoms with van der Waals surface area (Å²) in [5.74, 6) is -8.32. The maximum Gasteiger partial charge on any atom is 0.344 e. The van der Waals surface area contributed by atoms with Crippen molar-refractivity contribution in [1.82, 2.24) is 0 Å². The standard InChI is InChI=1S/C41H48ClF3N2O6Si/c1-54(2)31-25-27(46-16-6-7-17-46)11-13-29(31)33(30-14-12-28(26-32(30)54)47-18-8-9-19-47)34-35(40(48)49)38(44)39(45)36(37(34)43)41(50)53-24-23-52-22-21-51-20-10-4-3-5-15-42/h11-14,25-26H,3-10,15-24H2,1-2H3. The zero-order valence-corrected chi connectivity index (χ0v) is 32.8. The maximum atomic E-state index is 17.0. The molecule has 2 aromatic rings. The van der Waals surface area contributed by atoms with Crippen LogP contribution in [0.25, 0.3) is 5.57 Å². The molecule has 0 aromatic heterocycles. The SMILES string of the molecule is C[Si]1(C)C2=CC(=[N+]3CCCC3)C=CC2=C(c2c(F)c(C(=O)OCCOCCOCCCCCCCl)c(F)c(F)c2C(=O)[O-])c2ccc(N3CCCC3)cc21. The molecule has 0 atom stereocenters. The van der Waals surface area contributed by atoms with Gasteiger partial charge in [0.2, 0.25) is 0 Å². The molecule has 3 aliphatic heterocycles. The van der Waals surface area contributed by atoms with Crippen LogP contribution in [0.5, 0.6) is 0 Å². The number of unbranched alkanes of at least 4 members (excludes halogenated alkanes) is 3. The number of allylic oxidation sites excluding steroid dienone is 5. The van der Waals surface area contributed by atoms with Crippen LogP contribution in [0.1, 0.15) is 83.2 Å². The van der Waals surface area contributed by atoms with Crippen LogP contribution in [-0.2, 0) is 14.2 Å². The summed E-state index contributed by atoms with van der Waals surface area (Å²) in [6.45, 7) is 8.54. The summed E-state index contributed by atoms with van der Waals surface area (Å²) in [4.78, 5) is 28.2. The minimum atomic E-state index is -2.58. The second-order valence-electron chi connectivity index (χ2n) is 14.7. The Balaban J connectivity index is 1.35. The fourth-order valence-corrected chi connectivity index (χ4v) is 11.2. The molecule has 1 aliphatic carbocycles. The molecule has 0 unspecified atom stereocenters. The predicted molar refractivity (Wildman–Crippen MR) is 204 cm³/mol. The van der Waals surface area contributed by atoms with E-state index in [9.17, 15) is 14.7 Å². The molecule has 2 aromatic carbocycles. The third-order valence-corrected chi connectivity index (χ3v) is 14.6. The van der Waals surface area contributed by atoms with Gasteiger partial charge in [-0.05, 0) is 71.0 Å². The monoisotopic (exact) mass is 784 g/mol. The zero-order chi connectivity index (χ0) is 38.4. The largest absolute Gasteiger partial charge is 0.545 e. The lowest BCUT2D eigenvalue weighted by molar-refractivity contribution is -0.504. The van der Waals surface area contributed by atoms with Gasteiger partial charge in [0.05, 0.1) is 25.8 Å². The number of carboxylic acids is 1. The Hall–Kier alpha value is -3.71. The van der Waals surface area contributed by atoms with Crippen molar-refractivity contribution in [2.45, 2.75) is 64.5 Å². The van der Waals surface area contributed by atoms with Gasteiger partial charge in [-0.1, -0.05) is 32.0 Å². The molecule has 6 rings (SSSR count). The first kappa shape index (κ1) is 40.0. The Morgan fingerprint density at radius 1 is 0.852 bits per heavy atom. The number of ether oxygens (including phenoxy) is 3. The van der Waals surface area contributed by atoms with Gasteiger partial charge in [0.15, 0.2) is 17.3 Å². The number of benzene rings is 2. The number of fused-ring (bicyclic) bond motifs is 2. The van der Waals surface area contributed by atoms with Crippen molar-refractivity contribution in [3.63, 3.8) is 0 Å². The summed E-state index contributed by atoms with van der Waals surface area (Å²) in [6.07, 6.45) is 13.9. The Morgan fingerprint density at radius 2 is 1.52 bits per heavy atom. The van der Waals surface area contributed by atoms with Crippen LogP contribution in [0.3, 0.4) is 0 Å². The number of aromatic carboxylic acids is 1. The van der Waals surface area contributed by atoms with Gasteiger partial charge in [-0.15, -0.1) is 11.6 Å². The molecule has 0 radical (unpaired) electrons. The molecule has 0 N–H and O–H groups in total. The summed E-state index contributed by atoms with van der Waals surface area (Å²) >= 11 is 5.68. The smallest absolute Gasteiger partial charge is 0.344 e. The Bertz CT molecular complexity index is 1900. The van der Waals surface area contributed by atoms with Crippen LogP contribution in [0.4, 0.5) is 18.9 Å². The van der Waals surface area contributed by atoms with E-state index in [0.717, 1.165) is 99.3 Å². The summed E-state index contributed by atoms with van der Waals surface area (Å²) in [5.41, 5.74) is -0.275. The molecular weight excluding hydrogens is 737 g/mol. The third kappa shape index (κ3) is 8.27. The molecule has 8 nitrogen and oxygen atoms in total. The number of carbonyl (C=O) groups excluding carboxylic acids is 2. The van der Waals surface area contributed by atoms with Gasteiger partial charge in [-0.2, -0.15) is 0 Å². The third-order valence-electron chi connectivity index (χ3n) is 10.8. The van der Waals surface area contributed by atoms with Gasteiger partial charge in [-0.25, -0.2) is 22.5 Å². The lowest BCUT2D eigenvalue weighted by atomic mass is 9.85. The van der Waals surface area contributed by atoms with Crippen molar-refractivity contribution in [2.75, 3.05) is 70.0 Å². The lowest BCUT2D eigenvalue weighted by Gasteiger charge is -2.38. The Kier molecular flexibility index (Phi) is 13.2. The minimum Gasteiger partial charge on any atom is -0.545 e. The quantitative estimate of drug-likeness (QED) is 0.0510. The molecular formula is C41H48ClF3N2O6Si. The van der Waals surface area contributed by atoms with Crippen LogP contribution in [-0.4, -0.2) is 95.4 Å². The number of nitrogens with zero attached hydrogens (tertiary/aromatic N) is 2. The zero-order valence-electron chi connectivity index (χ0n) is 31.0. The normalized spacial score (nSPS) is 17.6. The highest BCUT2D eigenvalue weighted by atomic mass is 35.5. The first-order valence-corrected chi connectivity index (χ1v) is 22.6. The fraction of sp³-hybridized carbons (Fsp3) is 0.488. The van der Waals surface area contributed by atoms with Gasteiger partial charge < -0.3 is 29.0 Å². The number of alkyl halides is 1. The summed E-state index contributed by atoms with van der Waals surface area (Å²) < 4.78 is 66.9. The lowest BCUT2D eigenvalue weighted by Crippen LogP contribution is -2.50. The van der Waals surface area contributed by atoms with E-state index in [2.05, 4.69) is 34.7 Å². The molecule has 0 spiro atoms. The van der Waals surface area contributed by atoms with Crippen LogP contribution < -0.4 is 15.2 Å². The van der Waals surface area contributed by atoms with E-state index in [1.165, 1.54) is 0 Å². The van der Waals surface area contributed by atoms with Crippen LogP contribution in [0.15, 0.2) is 47.2 Å². The van der Waals surface area contributed by atoms with Gasteiger partial charge in [-0.3, -0.25) is 0 Å². The van der Waals surface area contributed by atoms with Gasteiger partial charge in [0.25, 0.3) is 0 Å². The van der Waals surface area contributed by atoms with E-state index in [0.29, 0.717) is 30.2 Å². The minimum absolute atomic E-state index is 0.0693. The summed E-state index contributed by atoms with van der Waals surface area (Å²) in [7, 11) is -2.58. The summed E-state index contributed by atoms with van der Waals surface area (Å²) in [5, 5.41) is 14.4. The Morgan fingerprint density at radius 3 is 2.22 bits per heavy atom. The van der Waals surface area contributed by atoms with E-state index in [1.807, 2.05) is 24.3 Å². The molecule has 3 heterocycles. The first-order valence-electron chi connectivity index (χ1n) is 19.0. The van der Waals surface area contributed by atoms with Crippen LogP contribution in [0, 0.1) is 17.5 Å². The molecule has 0 bridgehead atoms. The Labute approximate surface area is 320 Å². The second-order valence-corrected chi connectivity index (χ2v) is 19.4. The van der Waals surface area contributed by atoms with Crippen molar-refractivity contribution in [1.29, 1.82) is 0 Å². The van der Waals surface area contributed by atoms with E-state index in [4.69, 9.17) is 25.8 Å². The van der Waals surface area contributed by atoms with Crippen molar-refractivity contribution >= 4 is 53.8 Å². The number of carbonyl (C=O) groups is 2. The van der Waals surface area contributed by atoms with Crippen molar-refractivity contribution in [3.8, 4) is 0 Å². The highest BCUT2D eigenvalue weighted by Gasteiger charge is 2.43. The van der Waals surface area contributed by atoms with Gasteiger partial charge >= 0.3 is 5.97 Å². The number of hydrogen-bond donors (Lipinski definition) is 0. The number of anilines is 1. The number of rotatable bonds is 16. The molecule has 54 heavy (non-hydrogen) atoms. The van der Waals surface area contributed by atoms with Crippen molar-refractivity contribution < 1.29 is 46.7 Å². The summed E-state index contributed by atoms with van der Waals surface area (Å²) in [6, 6.07) is 5.79. The molecule has 0 saturated carbocycles. The highest BCUT2D eigenvalue weighted by molar-refractivity contribution is 6.98. The van der Waals surface area contributed by atoms with Crippen molar-refractivity contribution in [3.05, 3.63) is 86.9 Å². The van der Waals surface area contributed by atoms with Crippen LogP contribution in [0.2, 0.25) is 13.1 Å². The first-order chi connectivity index (χ1) is 26.1. The number of carboxylic acid groups (broad SMARTS) is 1. The number of esters is 1. The average Bonchev–Trinajstić information content (AvgIpc) is 3.90. The maximum absolute atomic E-state index is 17.0. The van der Waals surface area contributed by atoms with E-state index < -0.39 is 54.2 Å². The van der Waals surface area contributed by atoms with Gasteiger partial charge in [0, 0.05) is 67.4 Å². The molecule has 0 amide bonds. The van der Waals surface area contributed by atoms with E-state index in [1.54, 1.807) is 0 Å². The highest BCUT2D eigenvalue weighted by Crippen LogP contribution is 2.45. The average molecular weight is 785 g/mol. The number of hydrogen-bond acceptors (Lipinski definition) is 7. The van der Waals surface area contributed by atoms with Gasteiger partial charge in [0.1, 0.15) is 39.2 Å². The van der Waals surface area contributed by atoms with Crippen molar-refractivity contribution in [2.24, 2.45) is 0 Å². The topological polar surface area (TPSA) is 91.1 Å². The van der Waals surface area contributed by atoms with Crippen LogP contribution >= 0.6 is 11.6 Å². The van der Waals surface area contributed by atoms with E-state index >= 15 is 13.2 Å². The molecule has 2 saturated heterocycles. The molecule has 290 valence electrons. The predicted octanol–water partition coefficient (Wildman–Crippen LogP) is 6.07. The fourth-order valence-electron chi connectivity index (χ4n) is 7.94. The number of halogens is 4. The molecule has 13 heteroatoms. The molecule has 4 aliphatic rings.